The first-order valence-electron chi connectivity index (χ1n) is 5.99. The lowest BCUT2D eigenvalue weighted by molar-refractivity contribution is -0.117. The van der Waals surface area contributed by atoms with Gasteiger partial charge in [0.2, 0.25) is 5.91 Å². The summed E-state index contributed by atoms with van der Waals surface area (Å²) in [5.74, 6) is -0.559. The fourth-order valence-corrected chi connectivity index (χ4v) is 1.98. The Kier molecular flexibility index (Phi) is 4.53. The normalized spacial score (nSPS) is 10.1. The average Bonchev–Trinajstić information content (AvgIpc) is 2.41. The topological polar surface area (TPSA) is 72.2 Å². The smallest absolute Gasteiger partial charge is 0.255 e. The molecule has 2 aromatic rings. The molecule has 0 saturated heterocycles. The van der Waals surface area contributed by atoms with E-state index < -0.39 is 0 Å². The van der Waals surface area contributed by atoms with E-state index in [-0.39, 0.29) is 18.2 Å². The number of nitrogens with one attached hydrogen (secondary N) is 1. The molecule has 5 heteroatoms. The molecule has 0 aromatic heterocycles. The second-order valence-corrected chi connectivity index (χ2v) is 5.22. The highest BCUT2D eigenvalue weighted by Crippen LogP contribution is 2.14. The van der Waals surface area contributed by atoms with Crippen LogP contribution in [0.1, 0.15) is 15.9 Å². The number of amides is 2. The average molecular weight is 333 g/mol. The van der Waals surface area contributed by atoms with Gasteiger partial charge in [-0.25, -0.2) is 0 Å². The molecule has 20 heavy (non-hydrogen) atoms. The van der Waals surface area contributed by atoms with Gasteiger partial charge in [-0.3, -0.25) is 9.59 Å². The Morgan fingerprint density at radius 2 is 1.60 bits per heavy atom. The minimum atomic E-state index is -0.378. The van der Waals surface area contributed by atoms with Gasteiger partial charge in [-0.2, -0.15) is 0 Å². The molecule has 3 N–H and O–H groups in total. The van der Waals surface area contributed by atoms with Gasteiger partial charge in [0.15, 0.2) is 0 Å². The van der Waals surface area contributed by atoms with E-state index in [0.717, 1.165) is 10.0 Å². The highest BCUT2D eigenvalue weighted by molar-refractivity contribution is 9.10. The highest BCUT2D eigenvalue weighted by Gasteiger charge is 2.06. The fourth-order valence-electron chi connectivity index (χ4n) is 1.71. The summed E-state index contributed by atoms with van der Waals surface area (Å²) in [6, 6.07) is 14.1. The molecule has 102 valence electrons. The van der Waals surface area contributed by atoms with E-state index in [1.54, 1.807) is 36.4 Å². The molecule has 0 aliphatic carbocycles. The van der Waals surface area contributed by atoms with Crippen LogP contribution in [0.5, 0.6) is 0 Å². The maximum absolute atomic E-state index is 12.0. The number of hydrogen-bond acceptors (Lipinski definition) is 2. The van der Waals surface area contributed by atoms with Crippen molar-refractivity contribution in [2.24, 2.45) is 5.73 Å². The molecule has 0 atom stereocenters. The first kappa shape index (κ1) is 14.3. The standard InChI is InChI=1S/C15H13BrN2O2/c16-12-5-3-11(4-6-12)15(20)18-13-7-1-10(2-8-13)9-14(17)19/h1-8H,9H2,(H2,17,19)(H,18,20). The van der Waals surface area contributed by atoms with Crippen molar-refractivity contribution < 1.29 is 9.59 Å². The second kappa shape index (κ2) is 6.34. The lowest BCUT2D eigenvalue weighted by atomic mass is 10.1. The predicted molar refractivity (Wildman–Crippen MR) is 81.4 cm³/mol. The molecule has 0 aliphatic heterocycles. The zero-order valence-electron chi connectivity index (χ0n) is 10.6. The van der Waals surface area contributed by atoms with Crippen LogP contribution in [0.25, 0.3) is 0 Å². The Hall–Kier alpha value is -2.14. The predicted octanol–water partition coefficient (Wildman–Crippen LogP) is 2.73. The Bertz CT molecular complexity index is 621. The third kappa shape index (κ3) is 3.93. The SMILES string of the molecule is NC(=O)Cc1ccc(NC(=O)c2ccc(Br)cc2)cc1. The van der Waals surface area contributed by atoms with Gasteiger partial charge in [0, 0.05) is 15.7 Å². The largest absolute Gasteiger partial charge is 0.369 e. The number of carbonyl (C=O) groups is 2. The van der Waals surface area contributed by atoms with Crippen molar-refractivity contribution in [3.05, 3.63) is 64.1 Å². The van der Waals surface area contributed by atoms with Crippen LogP contribution < -0.4 is 11.1 Å². The third-order valence-corrected chi connectivity index (χ3v) is 3.23. The molecule has 4 nitrogen and oxygen atoms in total. The first-order valence-corrected chi connectivity index (χ1v) is 6.78. The van der Waals surface area contributed by atoms with E-state index >= 15 is 0 Å². The first-order chi connectivity index (χ1) is 9.54. The molecular weight excluding hydrogens is 320 g/mol. The zero-order chi connectivity index (χ0) is 14.5. The number of primary amides is 1. The minimum Gasteiger partial charge on any atom is -0.369 e. The van der Waals surface area contributed by atoms with Gasteiger partial charge in [-0.05, 0) is 42.0 Å². The Morgan fingerprint density at radius 3 is 2.15 bits per heavy atom. The number of carbonyl (C=O) groups excluding carboxylic acids is 2. The highest BCUT2D eigenvalue weighted by atomic mass is 79.9. The number of benzene rings is 2. The summed E-state index contributed by atoms with van der Waals surface area (Å²) < 4.78 is 0.921. The lowest BCUT2D eigenvalue weighted by Crippen LogP contribution is -2.14. The number of rotatable bonds is 4. The van der Waals surface area contributed by atoms with Crippen LogP contribution >= 0.6 is 15.9 Å². The molecule has 0 bridgehead atoms. The molecular formula is C15H13BrN2O2. The van der Waals surface area contributed by atoms with Gasteiger partial charge < -0.3 is 11.1 Å². The monoisotopic (exact) mass is 332 g/mol. The van der Waals surface area contributed by atoms with Crippen molar-refractivity contribution in [3.63, 3.8) is 0 Å². The maximum atomic E-state index is 12.0. The molecule has 0 spiro atoms. The summed E-state index contributed by atoms with van der Waals surface area (Å²) in [5.41, 5.74) is 7.19. The van der Waals surface area contributed by atoms with E-state index in [9.17, 15) is 9.59 Å². The Labute approximate surface area is 125 Å². The third-order valence-electron chi connectivity index (χ3n) is 2.70. The second-order valence-electron chi connectivity index (χ2n) is 4.30. The Morgan fingerprint density at radius 1 is 1.00 bits per heavy atom. The molecule has 0 heterocycles. The van der Waals surface area contributed by atoms with Gasteiger partial charge in [0.25, 0.3) is 5.91 Å². The van der Waals surface area contributed by atoms with E-state index in [1.807, 2.05) is 12.1 Å². The molecule has 2 rings (SSSR count). The quantitative estimate of drug-likeness (QED) is 0.903. The van der Waals surface area contributed by atoms with Gasteiger partial charge in [0.1, 0.15) is 0 Å². The van der Waals surface area contributed by atoms with E-state index in [0.29, 0.717) is 11.3 Å². The van der Waals surface area contributed by atoms with Crippen LogP contribution in [0.4, 0.5) is 5.69 Å². The van der Waals surface area contributed by atoms with Crippen LogP contribution in [0, 0.1) is 0 Å². The summed E-state index contributed by atoms with van der Waals surface area (Å²) in [7, 11) is 0. The molecule has 0 radical (unpaired) electrons. The fraction of sp³-hybridized carbons (Fsp3) is 0.0667. The Balaban J connectivity index is 2.04. The summed E-state index contributed by atoms with van der Waals surface area (Å²) in [6.07, 6.45) is 0.195. The van der Waals surface area contributed by atoms with E-state index in [4.69, 9.17) is 5.73 Å². The van der Waals surface area contributed by atoms with Crippen LogP contribution in [0.15, 0.2) is 53.0 Å². The van der Waals surface area contributed by atoms with Gasteiger partial charge >= 0.3 is 0 Å². The number of nitrogens with two attached hydrogens (primary N) is 1. The van der Waals surface area contributed by atoms with Crippen molar-refractivity contribution in [1.29, 1.82) is 0 Å². The van der Waals surface area contributed by atoms with E-state index in [2.05, 4.69) is 21.2 Å². The van der Waals surface area contributed by atoms with Crippen LogP contribution in [0.2, 0.25) is 0 Å². The number of anilines is 1. The summed E-state index contributed by atoms with van der Waals surface area (Å²) >= 11 is 3.32. The van der Waals surface area contributed by atoms with Crippen molar-refractivity contribution in [3.8, 4) is 0 Å². The van der Waals surface area contributed by atoms with Gasteiger partial charge in [-0.1, -0.05) is 28.1 Å². The molecule has 0 saturated carbocycles. The van der Waals surface area contributed by atoms with Crippen molar-refractivity contribution in [2.75, 3.05) is 5.32 Å². The van der Waals surface area contributed by atoms with Gasteiger partial charge in [0.05, 0.1) is 6.42 Å². The van der Waals surface area contributed by atoms with Crippen molar-refractivity contribution in [1.82, 2.24) is 0 Å². The van der Waals surface area contributed by atoms with Gasteiger partial charge in [-0.15, -0.1) is 0 Å². The molecule has 2 amide bonds. The van der Waals surface area contributed by atoms with Crippen molar-refractivity contribution in [2.45, 2.75) is 6.42 Å². The minimum absolute atomic E-state index is 0.180. The molecule has 0 fully saturated rings. The lowest BCUT2D eigenvalue weighted by Gasteiger charge is -2.06. The van der Waals surface area contributed by atoms with Crippen molar-refractivity contribution >= 4 is 33.4 Å². The number of halogens is 1. The van der Waals surface area contributed by atoms with Crippen LogP contribution in [-0.4, -0.2) is 11.8 Å². The molecule has 0 unspecified atom stereocenters. The summed E-state index contributed by atoms with van der Waals surface area (Å²) in [6.45, 7) is 0. The molecule has 2 aromatic carbocycles. The van der Waals surface area contributed by atoms with E-state index in [1.165, 1.54) is 0 Å². The molecule has 0 aliphatic rings. The van der Waals surface area contributed by atoms with Crippen LogP contribution in [-0.2, 0) is 11.2 Å². The van der Waals surface area contributed by atoms with Crippen LogP contribution in [0.3, 0.4) is 0 Å². The zero-order valence-corrected chi connectivity index (χ0v) is 12.2. The summed E-state index contributed by atoms with van der Waals surface area (Å²) in [5, 5.41) is 2.79. The maximum Gasteiger partial charge on any atom is 0.255 e. The number of hydrogen-bond donors (Lipinski definition) is 2. The summed E-state index contributed by atoms with van der Waals surface area (Å²) in [4.78, 5) is 22.8.